The second-order valence-corrected chi connectivity index (χ2v) is 6.90. The highest BCUT2D eigenvalue weighted by molar-refractivity contribution is 7.13. The molecule has 2 aromatic carbocycles. The first-order chi connectivity index (χ1) is 13.6. The molecule has 8 heteroatoms. The summed E-state index contributed by atoms with van der Waals surface area (Å²) in [5.74, 6) is 0.465. The summed E-state index contributed by atoms with van der Waals surface area (Å²) in [5, 5.41) is 17.0. The van der Waals surface area contributed by atoms with Gasteiger partial charge in [-0.2, -0.15) is 14.7 Å². The molecule has 0 radical (unpaired) electrons. The molecule has 0 bridgehead atoms. The average molecular weight is 389 g/mol. The van der Waals surface area contributed by atoms with Gasteiger partial charge in [0.2, 0.25) is 5.88 Å². The Balaban J connectivity index is 1.50. The number of hydrogen-bond donors (Lipinski definition) is 1. The van der Waals surface area contributed by atoms with Crippen molar-refractivity contribution in [2.45, 2.75) is 6.92 Å². The van der Waals surface area contributed by atoms with Gasteiger partial charge in [0.05, 0.1) is 15.8 Å². The molecule has 28 heavy (non-hydrogen) atoms. The van der Waals surface area contributed by atoms with E-state index in [4.69, 9.17) is 10.00 Å². The number of ether oxygens (including phenoxy) is 1. The van der Waals surface area contributed by atoms with Crippen molar-refractivity contribution in [3.63, 3.8) is 0 Å². The lowest BCUT2D eigenvalue weighted by molar-refractivity contribution is -0.118. The van der Waals surface area contributed by atoms with Crippen LogP contribution in [0.5, 0.6) is 5.88 Å². The van der Waals surface area contributed by atoms with Crippen molar-refractivity contribution in [3.8, 4) is 17.6 Å². The van der Waals surface area contributed by atoms with Crippen molar-refractivity contribution in [1.29, 1.82) is 5.26 Å². The number of fused-ring (bicyclic) bond motifs is 1. The molecule has 0 atom stereocenters. The minimum atomic E-state index is -0.366. The standard InChI is InChI=1S/C20H15N5O2S/c1-13-6-8-15(9-7-13)25-18(10-14(11-21)23-25)22-19(26)12-27-20-16-4-2-3-5-17(16)28-24-20/h2-10H,12H2,1H3,(H,22,26). The molecule has 0 saturated carbocycles. The summed E-state index contributed by atoms with van der Waals surface area (Å²) in [6.07, 6.45) is 0. The number of nitrogens with zero attached hydrogens (tertiary/aromatic N) is 4. The molecule has 2 heterocycles. The summed E-state index contributed by atoms with van der Waals surface area (Å²) in [4.78, 5) is 12.4. The first-order valence-electron chi connectivity index (χ1n) is 8.48. The van der Waals surface area contributed by atoms with Gasteiger partial charge in [0, 0.05) is 6.07 Å². The Hall–Kier alpha value is -3.70. The Morgan fingerprint density at radius 3 is 2.82 bits per heavy atom. The normalized spacial score (nSPS) is 10.6. The van der Waals surface area contributed by atoms with E-state index in [1.165, 1.54) is 22.3 Å². The Morgan fingerprint density at radius 2 is 2.04 bits per heavy atom. The van der Waals surface area contributed by atoms with Crippen LogP contribution in [-0.4, -0.2) is 26.7 Å². The molecule has 0 unspecified atom stereocenters. The van der Waals surface area contributed by atoms with Crippen LogP contribution in [-0.2, 0) is 4.79 Å². The highest BCUT2D eigenvalue weighted by Crippen LogP contribution is 2.28. The third-order valence-electron chi connectivity index (χ3n) is 4.05. The van der Waals surface area contributed by atoms with Crippen LogP contribution in [0.4, 0.5) is 5.82 Å². The Kier molecular flexibility index (Phi) is 4.74. The van der Waals surface area contributed by atoms with Crippen LogP contribution in [0.25, 0.3) is 15.8 Å². The molecular formula is C20H15N5O2S. The molecule has 0 aliphatic heterocycles. The molecule has 7 nitrogen and oxygen atoms in total. The third-order valence-corrected chi connectivity index (χ3v) is 4.86. The smallest absolute Gasteiger partial charge is 0.263 e. The molecule has 1 N–H and O–H groups in total. The molecule has 0 aliphatic rings. The van der Waals surface area contributed by atoms with Crippen LogP contribution < -0.4 is 10.1 Å². The second kappa shape index (κ2) is 7.50. The number of aromatic nitrogens is 3. The van der Waals surface area contributed by atoms with Gasteiger partial charge in [0.25, 0.3) is 5.91 Å². The highest BCUT2D eigenvalue weighted by atomic mass is 32.1. The number of anilines is 1. The van der Waals surface area contributed by atoms with E-state index in [-0.39, 0.29) is 18.2 Å². The van der Waals surface area contributed by atoms with Gasteiger partial charge in [-0.05, 0) is 42.7 Å². The van der Waals surface area contributed by atoms with Crippen molar-refractivity contribution in [2.75, 3.05) is 11.9 Å². The quantitative estimate of drug-likeness (QED) is 0.562. The lowest BCUT2D eigenvalue weighted by atomic mass is 10.2. The van der Waals surface area contributed by atoms with E-state index >= 15 is 0 Å². The van der Waals surface area contributed by atoms with Crippen LogP contribution in [0.3, 0.4) is 0 Å². The number of carbonyl (C=O) groups is 1. The van der Waals surface area contributed by atoms with Crippen molar-refractivity contribution in [2.24, 2.45) is 0 Å². The predicted octanol–water partition coefficient (Wildman–Crippen LogP) is 3.68. The van der Waals surface area contributed by atoms with Crippen LogP contribution in [0.2, 0.25) is 0 Å². The molecular weight excluding hydrogens is 374 g/mol. The van der Waals surface area contributed by atoms with Crippen LogP contribution in [0.1, 0.15) is 11.3 Å². The van der Waals surface area contributed by atoms with Crippen molar-refractivity contribution < 1.29 is 9.53 Å². The summed E-state index contributed by atoms with van der Waals surface area (Å²) in [6, 6.07) is 18.8. The number of amides is 1. The van der Waals surface area contributed by atoms with Gasteiger partial charge in [0.1, 0.15) is 11.9 Å². The van der Waals surface area contributed by atoms with Gasteiger partial charge in [-0.1, -0.05) is 29.8 Å². The van der Waals surface area contributed by atoms with Gasteiger partial charge in [-0.15, -0.1) is 0 Å². The van der Waals surface area contributed by atoms with Crippen molar-refractivity contribution in [3.05, 3.63) is 65.9 Å². The predicted molar refractivity (Wildman–Crippen MR) is 107 cm³/mol. The minimum Gasteiger partial charge on any atom is -0.466 e. The monoisotopic (exact) mass is 389 g/mol. The number of rotatable bonds is 5. The van der Waals surface area contributed by atoms with Gasteiger partial charge in [-0.25, -0.2) is 4.68 Å². The molecule has 0 aliphatic carbocycles. The Labute approximate surface area is 165 Å². The van der Waals surface area contributed by atoms with Crippen LogP contribution in [0, 0.1) is 18.3 Å². The summed E-state index contributed by atoms with van der Waals surface area (Å²) in [6.45, 7) is 1.78. The summed E-state index contributed by atoms with van der Waals surface area (Å²) in [7, 11) is 0. The van der Waals surface area contributed by atoms with Crippen LogP contribution in [0.15, 0.2) is 54.6 Å². The highest BCUT2D eigenvalue weighted by Gasteiger charge is 2.14. The van der Waals surface area contributed by atoms with Gasteiger partial charge in [0.15, 0.2) is 12.3 Å². The lowest BCUT2D eigenvalue weighted by Crippen LogP contribution is -2.22. The zero-order chi connectivity index (χ0) is 19.5. The maximum absolute atomic E-state index is 12.4. The summed E-state index contributed by atoms with van der Waals surface area (Å²) < 4.78 is 12.3. The van der Waals surface area contributed by atoms with Crippen LogP contribution >= 0.6 is 11.5 Å². The van der Waals surface area contributed by atoms with Gasteiger partial charge < -0.3 is 10.1 Å². The topological polar surface area (TPSA) is 92.8 Å². The molecule has 4 rings (SSSR count). The van der Waals surface area contributed by atoms with E-state index in [1.807, 2.05) is 61.5 Å². The fraction of sp³-hybridized carbons (Fsp3) is 0.100. The number of nitriles is 1. The summed E-state index contributed by atoms with van der Waals surface area (Å²) >= 11 is 1.32. The van der Waals surface area contributed by atoms with E-state index in [1.54, 1.807) is 0 Å². The first kappa shape index (κ1) is 17.7. The Bertz CT molecular complexity index is 1190. The van der Waals surface area contributed by atoms with Crippen molar-refractivity contribution >= 4 is 33.3 Å². The number of aryl methyl sites for hydroxylation is 1. The molecule has 138 valence electrons. The fourth-order valence-electron chi connectivity index (χ4n) is 2.69. The Morgan fingerprint density at radius 1 is 1.25 bits per heavy atom. The number of carbonyl (C=O) groups excluding carboxylic acids is 1. The zero-order valence-electron chi connectivity index (χ0n) is 14.9. The third kappa shape index (κ3) is 3.56. The number of hydrogen-bond acceptors (Lipinski definition) is 6. The van der Waals surface area contributed by atoms with Crippen molar-refractivity contribution in [1.82, 2.24) is 14.2 Å². The van der Waals surface area contributed by atoms with E-state index in [0.717, 1.165) is 21.3 Å². The fourth-order valence-corrected chi connectivity index (χ4v) is 3.41. The molecule has 4 aromatic rings. The molecule has 0 saturated heterocycles. The number of benzene rings is 2. The second-order valence-electron chi connectivity index (χ2n) is 6.09. The zero-order valence-corrected chi connectivity index (χ0v) is 15.7. The maximum atomic E-state index is 12.4. The van der Waals surface area contributed by atoms with Gasteiger partial charge in [-0.3, -0.25) is 4.79 Å². The minimum absolute atomic E-state index is 0.200. The lowest BCUT2D eigenvalue weighted by Gasteiger charge is -2.09. The van der Waals surface area contributed by atoms with Gasteiger partial charge >= 0.3 is 0 Å². The molecule has 0 fully saturated rings. The SMILES string of the molecule is Cc1ccc(-n2nc(C#N)cc2NC(=O)COc2nsc3ccccc23)cc1. The summed E-state index contributed by atoms with van der Waals surface area (Å²) in [5.41, 5.74) is 2.06. The first-order valence-corrected chi connectivity index (χ1v) is 9.25. The van der Waals surface area contributed by atoms with E-state index in [0.29, 0.717) is 11.7 Å². The maximum Gasteiger partial charge on any atom is 0.263 e. The largest absolute Gasteiger partial charge is 0.466 e. The average Bonchev–Trinajstić information content (AvgIpc) is 3.31. The van der Waals surface area contributed by atoms with E-state index < -0.39 is 0 Å². The molecule has 1 amide bonds. The molecule has 2 aromatic heterocycles. The van der Waals surface area contributed by atoms with E-state index in [2.05, 4.69) is 14.8 Å². The van der Waals surface area contributed by atoms with E-state index in [9.17, 15) is 4.79 Å². The molecule has 0 spiro atoms. The number of nitrogens with one attached hydrogen (secondary N) is 1.